The van der Waals surface area contributed by atoms with Crippen molar-refractivity contribution < 1.29 is 8.91 Å². The van der Waals surface area contributed by atoms with Gasteiger partial charge in [-0.05, 0) is 35.9 Å². The highest BCUT2D eigenvalue weighted by molar-refractivity contribution is 5.60. The fourth-order valence-corrected chi connectivity index (χ4v) is 2.41. The van der Waals surface area contributed by atoms with Gasteiger partial charge in [-0.25, -0.2) is 9.37 Å². The topological polar surface area (TPSA) is 76.7 Å². The van der Waals surface area contributed by atoms with Gasteiger partial charge in [0, 0.05) is 25.1 Å². The monoisotopic (exact) mass is 347 g/mol. The van der Waals surface area contributed by atoms with E-state index in [9.17, 15) is 4.39 Å². The van der Waals surface area contributed by atoms with Gasteiger partial charge in [0.1, 0.15) is 11.6 Å². The molecule has 0 amide bonds. The Morgan fingerprint density at radius 1 is 1.00 bits per heavy atom. The molecule has 1 aromatic carbocycles. The largest absolute Gasteiger partial charge is 0.366 e. The van der Waals surface area contributed by atoms with E-state index in [0.717, 1.165) is 5.56 Å². The molecule has 0 aliphatic heterocycles. The normalized spacial score (nSPS) is 10.7. The van der Waals surface area contributed by atoms with Crippen LogP contribution >= 0.6 is 0 Å². The summed E-state index contributed by atoms with van der Waals surface area (Å²) in [5, 5.41) is 7.06. The Morgan fingerprint density at radius 3 is 2.69 bits per heavy atom. The standard InChI is InChI=1S/C19H14FN5O/c20-16-6-2-1-5-15(16)18-24-19(26-25-18)14-7-8-17(23-12-14)22-11-13-4-3-9-21-10-13/h1-10,12H,11H2,(H,22,23). The van der Waals surface area contributed by atoms with Crippen molar-refractivity contribution in [3.05, 3.63) is 78.5 Å². The first-order valence-corrected chi connectivity index (χ1v) is 7.97. The first-order chi connectivity index (χ1) is 12.8. The van der Waals surface area contributed by atoms with Crippen LogP contribution in [0.5, 0.6) is 0 Å². The maximum Gasteiger partial charge on any atom is 0.259 e. The SMILES string of the molecule is Fc1ccccc1-c1noc(-c2ccc(NCc3cccnc3)nc2)n1. The van der Waals surface area contributed by atoms with Crippen LogP contribution < -0.4 is 5.32 Å². The second-order valence-electron chi connectivity index (χ2n) is 5.55. The Morgan fingerprint density at radius 2 is 1.92 bits per heavy atom. The molecule has 26 heavy (non-hydrogen) atoms. The molecular weight excluding hydrogens is 333 g/mol. The smallest absolute Gasteiger partial charge is 0.259 e. The van der Waals surface area contributed by atoms with Crippen LogP contribution in [0.25, 0.3) is 22.8 Å². The molecule has 4 aromatic rings. The highest BCUT2D eigenvalue weighted by atomic mass is 19.1. The van der Waals surface area contributed by atoms with Gasteiger partial charge in [0.25, 0.3) is 5.89 Å². The van der Waals surface area contributed by atoms with Gasteiger partial charge in [0.05, 0.1) is 11.1 Å². The third kappa shape index (κ3) is 3.41. The summed E-state index contributed by atoms with van der Waals surface area (Å²) in [5.41, 5.74) is 2.02. The fourth-order valence-electron chi connectivity index (χ4n) is 2.41. The first-order valence-electron chi connectivity index (χ1n) is 7.97. The maximum absolute atomic E-state index is 13.8. The summed E-state index contributed by atoms with van der Waals surface area (Å²) in [6.45, 7) is 0.623. The molecule has 0 aliphatic carbocycles. The first kappa shape index (κ1) is 15.9. The molecule has 0 aliphatic rings. The van der Waals surface area contributed by atoms with E-state index in [1.807, 2.05) is 24.3 Å². The minimum Gasteiger partial charge on any atom is -0.366 e. The number of aromatic nitrogens is 4. The van der Waals surface area contributed by atoms with Crippen LogP contribution in [0, 0.1) is 5.82 Å². The Hall–Kier alpha value is -3.61. The molecule has 6 nitrogen and oxygen atoms in total. The van der Waals surface area contributed by atoms with E-state index < -0.39 is 5.82 Å². The van der Waals surface area contributed by atoms with E-state index in [-0.39, 0.29) is 11.7 Å². The summed E-state index contributed by atoms with van der Waals surface area (Å²) in [6, 6.07) is 13.8. The van der Waals surface area contributed by atoms with Crippen LogP contribution in [0.15, 0.2) is 71.6 Å². The molecule has 3 heterocycles. The molecule has 0 radical (unpaired) electrons. The average molecular weight is 347 g/mol. The van der Waals surface area contributed by atoms with Gasteiger partial charge in [0.2, 0.25) is 5.82 Å². The highest BCUT2D eigenvalue weighted by Gasteiger charge is 2.13. The summed E-state index contributed by atoms with van der Waals surface area (Å²) in [5.74, 6) is 0.811. The molecular formula is C19H14FN5O. The second-order valence-corrected chi connectivity index (χ2v) is 5.55. The number of halogens is 1. The molecule has 128 valence electrons. The number of anilines is 1. The molecule has 0 fully saturated rings. The van der Waals surface area contributed by atoms with Crippen molar-refractivity contribution in [3.63, 3.8) is 0 Å². The van der Waals surface area contributed by atoms with Crippen LogP contribution in [0.4, 0.5) is 10.2 Å². The molecule has 0 saturated heterocycles. The van der Waals surface area contributed by atoms with Crippen molar-refractivity contribution in [2.45, 2.75) is 6.54 Å². The molecule has 0 unspecified atom stereocenters. The van der Waals surface area contributed by atoms with Gasteiger partial charge < -0.3 is 9.84 Å². The van der Waals surface area contributed by atoms with E-state index in [0.29, 0.717) is 23.5 Å². The number of pyridine rings is 2. The predicted octanol–water partition coefficient (Wildman–Crippen LogP) is 3.94. The Labute approximate surface area is 148 Å². The maximum atomic E-state index is 13.8. The zero-order chi connectivity index (χ0) is 17.8. The van der Waals surface area contributed by atoms with Gasteiger partial charge in [-0.15, -0.1) is 0 Å². The van der Waals surface area contributed by atoms with Crippen LogP contribution in [0.1, 0.15) is 5.56 Å². The van der Waals surface area contributed by atoms with Crippen molar-refractivity contribution in [1.29, 1.82) is 0 Å². The van der Waals surface area contributed by atoms with Gasteiger partial charge in [0.15, 0.2) is 0 Å². The second kappa shape index (κ2) is 7.10. The van der Waals surface area contributed by atoms with Crippen molar-refractivity contribution in [1.82, 2.24) is 20.1 Å². The number of nitrogens with one attached hydrogen (secondary N) is 1. The number of benzene rings is 1. The number of hydrogen-bond donors (Lipinski definition) is 1. The molecule has 4 rings (SSSR count). The van der Waals surface area contributed by atoms with Gasteiger partial charge in [-0.2, -0.15) is 4.98 Å². The van der Waals surface area contributed by atoms with E-state index in [1.54, 1.807) is 36.8 Å². The summed E-state index contributed by atoms with van der Waals surface area (Å²) >= 11 is 0. The molecule has 0 bridgehead atoms. The van der Waals surface area contributed by atoms with Crippen molar-refractivity contribution in [2.75, 3.05) is 5.32 Å². The quantitative estimate of drug-likeness (QED) is 0.589. The van der Waals surface area contributed by atoms with Crippen molar-refractivity contribution in [3.8, 4) is 22.8 Å². The third-order valence-electron chi connectivity index (χ3n) is 3.75. The lowest BCUT2D eigenvalue weighted by atomic mass is 10.2. The summed E-state index contributed by atoms with van der Waals surface area (Å²) in [7, 11) is 0. The van der Waals surface area contributed by atoms with Crippen LogP contribution in [-0.4, -0.2) is 20.1 Å². The van der Waals surface area contributed by atoms with E-state index >= 15 is 0 Å². The summed E-state index contributed by atoms with van der Waals surface area (Å²) in [4.78, 5) is 12.7. The zero-order valence-corrected chi connectivity index (χ0v) is 13.6. The van der Waals surface area contributed by atoms with E-state index in [4.69, 9.17) is 4.52 Å². The molecule has 0 atom stereocenters. The lowest BCUT2D eigenvalue weighted by Gasteiger charge is -2.05. The Bertz CT molecular complexity index is 1000. The molecule has 1 N–H and O–H groups in total. The van der Waals surface area contributed by atoms with E-state index in [2.05, 4.69) is 25.4 Å². The van der Waals surface area contributed by atoms with Crippen LogP contribution in [0.2, 0.25) is 0 Å². The third-order valence-corrected chi connectivity index (χ3v) is 3.75. The fraction of sp³-hybridized carbons (Fsp3) is 0.0526. The summed E-state index contributed by atoms with van der Waals surface area (Å²) in [6.07, 6.45) is 5.16. The number of rotatable bonds is 5. The number of nitrogens with zero attached hydrogens (tertiary/aromatic N) is 4. The van der Waals surface area contributed by atoms with Gasteiger partial charge in [-0.1, -0.05) is 23.4 Å². The van der Waals surface area contributed by atoms with Crippen LogP contribution in [0.3, 0.4) is 0 Å². The van der Waals surface area contributed by atoms with Gasteiger partial charge in [-0.3, -0.25) is 4.98 Å². The Balaban J connectivity index is 1.48. The lowest BCUT2D eigenvalue weighted by molar-refractivity contribution is 0.431. The zero-order valence-electron chi connectivity index (χ0n) is 13.6. The minimum atomic E-state index is -0.395. The molecule has 7 heteroatoms. The predicted molar refractivity (Wildman–Crippen MR) is 94.5 cm³/mol. The molecule has 3 aromatic heterocycles. The highest BCUT2D eigenvalue weighted by Crippen LogP contribution is 2.24. The molecule has 0 spiro atoms. The minimum absolute atomic E-state index is 0.205. The summed E-state index contributed by atoms with van der Waals surface area (Å²) < 4.78 is 19.1. The van der Waals surface area contributed by atoms with Crippen molar-refractivity contribution in [2.24, 2.45) is 0 Å². The van der Waals surface area contributed by atoms with Crippen molar-refractivity contribution >= 4 is 5.82 Å². The van der Waals surface area contributed by atoms with Crippen LogP contribution in [-0.2, 0) is 6.54 Å². The Kier molecular flexibility index (Phi) is 4.34. The number of hydrogen-bond acceptors (Lipinski definition) is 6. The van der Waals surface area contributed by atoms with Gasteiger partial charge >= 0.3 is 0 Å². The average Bonchev–Trinajstić information content (AvgIpc) is 3.18. The lowest BCUT2D eigenvalue weighted by Crippen LogP contribution is -2.01. The molecule has 0 saturated carbocycles. The van der Waals surface area contributed by atoms with E-state index in [1.165, 1.54) is 6.07 Å².